The quantitative estimate of drug-likeness (QED) is 0.573. The number of halogens is 1. The lowest BCUT2D eigenvalue weighted by Crippen LogP contribution is -1.79. The molecule has 1 aromatic rings. The second-order valence-corrected chi connectivity index (χ2v) is 1.85. The average molecular weight is 143 g/mol. The second kappa shape index (κ2) is 2.73. The lowest BCUT2D eigenvalue weighted by molar-refractivity contribution is 0.628. The Balaban J connectivity index is 2.94. The summed E-state index contributed by atoms with van der Waals surface area (Å²) in [6, 6.07) is 6.10. The molecule has 3 heteroatoms. The summed E-state index contributed by atoms with van der Waals surface area (Å²) in [5.74, 6) is -0.256. The van der Waals surface area contributed by atoms with E-state index in [9.17, 15) is 4.39 Å². The van der Waals surface area contributed by atoms with Gasteiger partial charge in [-0.25, -0.2) is 4.39 Å². The molecule has 0 spiro atoms. The largest absolute Gasteiger partial charge is 0.332 e. The van der Waals surface area contributed by atoms with E-state index in [1.165, 1.54) is 12.1 Å². The van der Waals surface area contributed by atoms with Crippen LogP contribution in [0.2, 0.25) is 0 Å². The minimum absolute atomic E-state index is 0.256. The maximum absolute atomic E-state index is 12.3. The highest BCUT2D eigenvalue weighted by Gasteiger charge is 1.88. The van der Waals surface area contributed by atoms with Crippen LogP contribution in [0.25, 0.3) is 0 Å². The zero-order valence-corrected chi connectivity index (χ0v) is 5.53. The maximum Gasteiger partial charge on any atom is 0.125 e. The smallest absolute Gasteiger partial charge is 0.125 e. The van der Waals surface area contributed by atoms with Crippen LogP contribution in [0.1, 0.15) is 0 Å². The van der Waals surface area contributed by atoms with E-state index >= 15 is 0 Å². The Morgan fingerprint density at radius 2 is 2.22 bits per heavy atom. The molecule has 0 unspecified atom stereocenters. The molecule has 0 atom stereocenters. The first-order valence-electron chi connectivity index (χ1n) is 2.48. The lowest BCUT2D eigenvalue weighted by atomic mass is 10.3. The Hall–Kier alpha value is -0.700. The van der Waals surface area contributed by atoms with Gasteiger partial charge in [0.15, 0.2) is 0 Å². The summed E-state index contributed by atoms with van der Waals surface area (Å²) in [6.45, 7) is 0. The molecule has 0 aliphatic rings. The zero-order chi connectivity index (χ0) is 6.69. The first-order chi connectivity index (χ1) is 4.33. The van der Waals surface area contributed by atoms with E-state index < -0.39 is 0 Å². The normalized spacial score (nSPS) is 9.11. The van der Waals surface area contributed by atoms with Crippen LogP contribution >= 0.6 is 12.8 Å². The number of rotatable bonds is 1. The highest BCUT2D eigenvalue weighted by Crippen LogP contribution is 2.08. The molecule has 1 N–H and O–H groups in total. The minimum Gasteiger partial charge on any atom is -0.332 e. The minimum atomic E-state index is -0.256. The van der Waals surface area contributed by atoms with Crippen molar-refractivity contribution < 1.29 is 4.39 Å². The Kier molecular flexibility index (Phi) is 1.95. The highest BCUT2D eigenvalue weighted by molar-refractivity contribution is 7.81. The van der Waals surface area contributed by atoms with Gasteiger partial charge < -0.3 is 4.72 Å². The topological polar surface area (TPSA) is 12.0 Å². The molecule has 9 heavy (non-hydrogen) atoms. The van der Waals surface area contributed by atoms with Crippen molar-refractivity contribution in [2.75, 3.05) is 4.72 Å². The van der Waals surface area contributed by atoms with Gasteiger partial charge in [-0.05, 0) is 18.2 Å². The number of benzene rings is 1. The van der Waals surface area contributed by atoms with Gasteiger partial charge in [0.05, 0.1) is 0 Å². The first kappa shape index (κ1) is 6.42. The third kappa shape index (κ3) is 1.61. The van der Waals surface area contributed by atoms with E-state index in [0.717, 1.165) is 0 Å². The van der Waals surface area contributed by atoms with Crippen molar-refractivity contribution in [2.24, 2.45) is 0 Å². The monoisotopic (exact) mass is 143 g/mol. The van der Waals surface area contributed by atoms with E-state index in [-0.39, 0.29) is 5.82 Å². The van der Waals surface area contributed by atoms with E-state index in [2.05, 4.69) is 17.5 Å². The summed E-state index contributed by atoms with van der Waals surface area (Å²) in [5, 5.41) is 0. The van der Waals surface area contributed by atoms with Crippen LogP contribution in [0.15, 0.2) is 24.3 Å². The molecule has 0 aromatic heterocycles. The van der Waals surface area contributed by atoms with E-state index in [0.29, 0.717) is 5.69 Å². The summed E-state index contributed by atoms with van der Waals surface area (Å²) in [4.78, 5) is 0. The van der Waals surface area contributed by atoms with Crippen molar-refractivity contribution in [3.8, 4) is 0 Å². The van der Waals surface area contributed by atoms with E-state index in [1.807, 2.05) is 0 Å². The van der Waals surface area contributed by atoms with Crippen LogP contribution in [-0.2, 0) is 0 Å². The predicted octanol–water partition coefficient (Wildman–Crippen LogP) is 2.08. The molecule has 0 aliphatic heterocycles. The van der Waals surface area contributed by atoms with Crippen LogP contribution in [0.3, 0.4) is 0 Å². The van der Waals surface area contributed by atoms with Gasteiger partial charge in [0.25, 0.3) is 0 Å². The second-order valence-electron chi connectivity index (χ2n) is 1.62. The SMILES string of the molecule is Fc1cccc(NS)c1. The summed E-state index contributed by atoms with van der Waals surface area (Å²) < 4.78 is 14.8. The van der Waals surface area contributed by atoms with Crippen LogP contribution in [-0.4, -0.2) is 0 Å². The van der Waals surface area contributed by atoms with Gasteiger partial charge in [-0.2, -0.15) is 0 Å². The van der Waals surface area contributed by atoms with Gasteiger partial charge in [0, 0.05) is 5.69 Å². The number of anilines is 1. The average Bonchev–Trinajstić information content (AvgIpc) is 1.88. The molecular formula is C6H6FNS. The fraction of sp³-hybridized carbons (Fsp3) is 0. The van der Waals surface area contributed by atoms with E-state index in [4.69, 9.17) is 0 Å². The molecule has 1 rings (SSSR count). The maximum atomic E-state index is 12.3. The third-order valence-corrected chi connectivity index (χ3v) is 1.21. The molecule has 48 valence electrons. The summed E-state index contributed by atoms with van der Waals surface area (Å²) in [7, 11) is 0. The third-order valence-electron chi connectivity index (χ3n) is 0.954. The predicted molar refractivity (Wildman–Crippen MR) is 39.0 cm³/mol. The molecule has 1 nitrogen and oxygen atoms in total. The van der Waals surface area contributed by atoms with Gasteiger partial charge in [-0.1, -0.05) is 18.9 Å². The summed E-state index contributed by atoms with van der Waals surface area (Å²) in [6.07, 6.45) is 0. The van der Waals surface area contributed by atoms with Gasteiger partial charge in [0.2, 0.25) is 0 Å². The summed E-state index contributed by atoms with van der Waals surface area (Å²) >= 11 is 3.74. The number of hydrogen-bond acceptors (Lipinski definition) is 2. The van der Waals surface area contributed by atoms with Gasteiger partial charge in [-0.15, -0.1) is 0 Å². The molecule has 0 bridgehead atoms. The number of hydrogen-bond donors (Lipinski definition) is 2. The van der Waals surface area contributed by atoms with Crippen molar-refractivity contribution in [1.29, 1.82) is 0 Å². The van der Waals surface area contributed by atoms with Crippen LogP contribution in [0.5, 0.6) is 0 Å². The van der Waals surface area contributed by atoms with Crippen LogP contribution < -0.4 is 4.72 Å². The Morgan fingerprint density at radius 3 is 2.67 bits per heavy atom. The molecule has 0 heterocycles. The standard InChI is InChI=1S/C6H6FNS/c7-5-2-1-3-6(4-5)8-9/h1-4,8-9H. The van der Waals surface area contributed by atoms with Gasteiger partial charge in [0.1, 0.15) is 5.82 Å². The molecule has 0 saturated heterocycles. The fourth-order valence-corrected chi connectivity index (χ4v) is 0.697. The Morgan fingerprint density at radius 1 is 1.44 bits per heavy atom. The van der Waals surface area contributed by atoms with Gasteiger partial charge in [-0.3, -0.25) is 0 Å². The molecular weight excluding hydrogens is 137 g/mol. The van der Waals surface area contributed by atoms with Crippen molar-refractivity contribution in [3.63, 3.8) is 0 Å². The Bertz CT molecular complexity index is 202. The van der Waals surface area contributed by atoms with Crippen molar-refractivity contribution >= 4 is 18.5 Å². The summed E-state index contributed by atoms with van der Waals surface area (Å²) in [5.41, 5.74) is 0.665. The fourth-order valence-electron chi connectivity index (χ4n) is 0.558. The van der Waals surface area contributed by atoms with Crippen LogP contribution in [0.4, 0.5) is 10.1 Å². The van der Waals surface area contributed by atoms with Gasteiger partial charge >= 0.3 is 0 Å². The van der Waals surface area contributed by atoms with Crippen molar-refractivity contribution in [1.82, 2.24) is 0 Å². The number of nitrogens with one attached hydrogen (secondary N) is 1. The molecule has 1 aromatic carbocycles. The number of thiol groups is 1. The molecule has 0 saturated carbocycles. The first-order valence-corrected chi connectivity index (χ1v) is 2.93. The molecule has 0 fully saturated rings. The molecule has 0 aliphatic carbocycles. The molecule has 0 amide bonds. The Labute approximate surface area is 58.4 Å². The van der Waals surface area contributed by atoms with Crippen LogP contribution in [0, 0.1) is 5.82 Å². The van der Waals surface area contributed by atoms with Crippen molar-refractivity contribution in [3.05, 3.63) is 30.1 Å². The van der Waals surface area contributed by atoms with Crippen molar-refractivity contribution in [2.45, 2.75) is 0 Å². The highest BCUT2D eigenvalue weighted by atomic mass is 32.1. The van der Waals surface area contributed by atoms with E-state index in [1.54, 1.807) is 12.1 Å². The zero-order valence-electron chi connectivity index (χ0n) is 4.63. The lowest BCUT2D eigenvalue weighted by Gasteiger charge is -1.95. The molecule has 0 radical (unpaired) electrons.